The van der Waals surface area contributed by atoms with Crippen LogP contribution in [0, 0.1) is 20.8 Å². The maximum atomic E-state index is 5.45. The monoisotopic (exact) mass is 119 g/mol. The van der Waals surface area contributed by atoms with E-state index in [1.807, 2.05) is 26.0 Å². The van der Waals surface area contributed by atoms with E-state index >= 15 is 0 Å². The molecule has 1 aromatic rings. The molecule has 0 saturated heterocycles. The van der Waals surface area contributed by atoms with Crippen LogP contribution in [0.5, 0.6) is 0 Å². The summed E-state index contributed by atoms with van der Waals surface area (Å²) in [6, 6.07) is 3.85. The molecule has 0 unspecified atom stereocenters. The molecule has 1 heteroatoms. The molecule has 1 aromatic heterocycles. The van der Waals surface area contributed by atoms with E-state index in [1.165, 1.54) is 5.56 Å². The smallest absolute Gasteiger partial charge is 0.0454 e. The quantitative estimate of drug-likeness (QED) is 0.507. The summed E-state index contributed by atoms with van der Waals surface area (Å²) >= 11 is 0. The highest BCUT2D eigenvalue weighted by atomic mass is 14.7. The Labute approximate surface area is 55.7 Å². The highest BCUT2D eigenvalue weighted by Crippen LogP contribution is 2.01. The van der Waals surface area contributed by atoms with E-state index < -0.39 is 0 Å². The lowest BCUT2D eigenvalue weighted by Gasteiger charge is -1.95. The zero-order valence-corrected chi connectivity index (χ0v) is 5.68. The minimum absolute atomic E-state index is 0.604. The maximum absolute atomic E-state index is 5.45. The minimum atomic E-state index is 0.604. The number of rotatable bonds is 0. The van der Waals surface area contributed by atoms with Gasteiger partial charge in [0.15, 0.2) is 0 Å². The first-order valence-electron chi connectivity index (χ1n) is 2.89. The van der Waals surface area contributed by atoms with E-state index in [1.54, 1.807) is 0 Å². The molecule has 46 valence electrons. The summed E-state index contributed by atoms with van der Waals surface area (Å²) in [6.45, 7) is 9.39. The van der Waals surface area contributed by atoms with Gasteiger partial charge in [-0.2, -0.15) is 0 Å². The van der Waals surface area contributed by atoms with Crippen LogP contribution in [0.2, 0.25) is 0 Å². The van der Waals surface area contributed by atoms with Crippen LogP contribution in [0.25, 0.3) is 0 Å². The molecule has 0 fully saturated rings. The molecule has 0 saturated carbocycles. The Balaban J connectivity index is 3.17. The van der Waals surface area contributed by atoms with Gasteiger partial charge in [-0.05, 0) is 31.5 Å². The third-order valence-electron chi connectivity index (χ3n) is 1.12. The number of nitrogens with zero attached hydrogens (tertiary/aromatic N) is 1. The van der Waals surface area contributed by atoms with Gasteiger partial charge in [0, 0.05) is 18.3 Å². The predicted molar refractivity (Wildman–Crippen MR) is 37.1 cm³/mol. The molecule has 0 atom stereocenters. The van der Waals surface area contributed by atoms with Crippen LogP contribution in [-0.2, 0) is 0 Å². The number of hydrogen-bond donors (Lipinski definition) is 0. The molecule has 2 radical (unpaired) electrons. The first kappa shape index (κ1) is 6.27. The first-order valence-corrected chi connectivity index (χ1v) is 2.89. The second-order valence-electron chi connectivity index (χ2n) is 2.21. The molecule has 0 spiro atoms. The van der Waals surface area contributed by atoms with Gasteiger partial charge in [0.25, 0.3) is 0 Å². The van der Waals surface area contributed by atoms with Crippen LogP contribution in [0.1, 0.15) is 17.0 Å². The molecule has 1 nitrogen and oxygen atoms in total. The van der Waals surface area contributed by atoms with Crippen molar-refractivity contribution in [1.29, 1.82) is 0 Å². The first-order chi connectivity index (χ1) is 4.18. The summed E-state index contributed by atoms with van der Waals surface area (Å²) in [5.41, 5.74) is 2.75. The zero-order chi connectivity index (χ0) is 6.85. The van der Waals surface area contributed by atoms with Crippen LogP contribution >= 0.6 is 0 Å². The van der Waals surface area contributed by atoms with E-state index in [2.05, 4.69) is 4.98 Å². The molecule has 0 bridgehead atoms. The van der Waals surface area contributed by atoms with Crippen molar-refractivity contribution >= 4 is 0 Å². The Morgan fingerprint density at radius 3 is 2.44 bits per heavy atom. The highest BCUT2D eigenvalue weighted by molar-refractivity contribution is 5.20. The van der Waals surface area contributed by atoms with E-state index in [0.29, 0.717) is 5.69 Å². The van der Waals surface area contributed by atoms with Gasteiger partial charge in [-0.1, -0.05) is 0 Å². The fraction of sp³-hybridized carbons (Fsp3) is 0.250. The summed E-state index contributed by atoms with van der Waals surface area (Å²) in [6.07, 6.45) is 0. The van der Waals surface area contributed by atoms with Gasteiger partial charge in [0.05, 0.1) is 0 Å². The van der Waals surface area contributed by atoms with E-state index in [9.17, 15) is 0 Å². The lowest BCUT2D eigenvalue weighted by molar-refractivity contribution is 1.14. The lowest BCUT2D eigenvalue weighted by Crippen LogP contribution is -1.85. The Morgan fingerprint density at radius 1 is 1.33 bits per heavy atom. The molecular formula is C8H9N. The van der Waals surface area contributed by atoms with Crippen molar-refractivity contribution in [3.05, 3.63) is 36.0 Å². The van der Waals surface area contributed by atoms with Crippen molar-refractivity contribution in [3.8, 4) is 0 Å². The molecule has 0 aliphatic rings. The molecule has 1 heterocycles. The summed E-state index contributed by atoms with van der Waals surface area (Å²) in [4.78, 5) is 4.01. The number of aromatic nitrogens is 1. The second kappa shape index (κ2) is 2.18. The van der Waals surface area contributed by atoms with E-state index in [0.717, 1.165) is 5.69 Å². The summed E-state index contributed by atoms with van der Waals surface area (Å²) in [5, 5.41) is 0. The fourth-order valence-electron chi connectivity index (χ4n) is 0.873. The van der Waals surface area contributed by atoms with Crippen molar-refractivity contribution in [2.45, 2.75) is 13.8 Å². The van der Waals surface area contributed by atoms with Crippen LogP contribution in [0.15, 0.2) is 12.1 Å². The Morgan fingerprint density at radius 2 is 2.00 bits per heavy atom. The molecule has 1 rings (SSSR count). The van der Waals surface area contributed by atoms with Gasteiger partial charge in [-0.25, -0.2) is 0 Å². The Kier molecular flexibility index (Phi) is 1.52. The molecular weight excluding hydrogens is 110 g/mol. The average Bonchev–Trinajstić information content (AvgIpc) is 1.59. The van der Waals surface area contributed by atoms with Crippen molar-refractivity contribution in [2.24, 2.45) is 0 Å². The number of hydrogen-bond acceptors (Lipinski definition) is 1. The minimum Gasteiger partial charge on any atom is -0.258 e. The van der Waals surface area contributed by atoms with Crippen LogP contribution < -0.4 is 0 Å². The van der Waals surface area contributed by atoms with Crippen molar-refractivity contribution in [3.63, 3.8) is 0 Å². The molecule has 0 amide bonds. The summed E-state index contributed by atoms with van der Waals surface area (Å²) in [7, 11) is 0. The van der Waals surface area contributed by atoms with Gasteiger partial charge < -0.3 is 0 Å². The summed E-state index contributed by atoms with van der Waals surface area (Å²) < 4.78 is 0. The Bertz CT molecular complexity index is 165. The molecule has 0 aliphatic heterocycles. The number of aryl methyl sites for hydroxylation is 2. The third kappa shape index (κ3) is 1.53. The number of pyridine rings is 1. The normalized spacial score (nSPS) is 9.67. The maximum Gasteiger partial charge on any atom is 0.0454 e. The van der Waals surface area contributed by atoms with Gasteiger partial charge >= 0.3 is 0 Å². The van der Waals surface area contributed by atoms with Gasteiger partial charge in [0.1, 0.15) is 0 Å². The largest absolute Gasteiger partial charge is 0.258 e. The van der Waals surface area contributed by atoms with Gasteiger partial charge in [-0.3, -0.25) is 4.98 Å². The zero-order valence-electron chi connectivity index (χ0n) is 5.68. The molecule has 9 heavy (non-hydrogen) atoms. The van der Waals surface area contributed by atoms with E-state index in [-0.39, 0.29) is 0 Å². The fourth-order valence-corrected chi connectivity index (χ4v) is 0.873. The van der Waals surface area contributed by atoms with E-state index in [4.69, 9.17) is 6.92 Å². The van der Waals surface area contributed by atoms with Crippen molar-refractivity contribution in [1.82, 2.24) is 4.98 Å². The van der Waals surface area contributed by atoms with Crippen LogP contribution in [0.3, 0.4) is 0 Å². The van der Waals surface area contributed by atoms with Crippen LogP contribution in [-0.4, -0.2) is 4.98 Å². The highest BCUT2D eigenvalue weighted by Gasteiger charge is 1.89. The SMILES string of the molecule is [CH]c1cc(C)cc(C)n1. The summed E-state index contributed by atoms with van der Waals surface area (Å²) in [5.74, 6) is 0. The topological polar surface area (TPSA) is 12.9 Å². The van der Waals surface area contributed by atoms with Crippen molar-refractivity contribution in [2.75, 3.05) is 0 Å². The van der Waals surface area contributed by atoms with Crippen molar-refractivity contribution < 1.29 is 0 Å². The predicted octanol–water partition coefficient (Wildman–Crippen LogP) is 1.76. The van der Waals surface area contributed by atoms with Gasteiger partial charge in [0.2, 0.25) is 0 Å². The second-order valence-corrected chi connectivity index (χ2v) is 2.21. The van der Waals surface area contributed by atoms with Crippen LogP contribution in [0.4, 0.5) is 0 Å². The Hall–Kier alpha value is -0.850. The molecule has 0 aliphatic carbocycles. The lowest BCUT2D eigenvalue weighted by atomic mass is 10.2. The molecule has 0 N–H and O–H groups in total. The standard InChI is InChI=1S/C8H9N/c1-6-4-7(2)9-8(3)5-6/h2,4-5H,1,3H3. The van der Waals surface area contributed by atoms with Gasteiger partial charge in [-0.15, -0.1) is 0 Å². The third-order valence-corrected chi connectivity index (χ3v) is 1.12. The average molecular weight is 119 g/mol. The molecule has 0 aromatic carbocycles.